The van der Waals surface area contributed by atoms with Crippen molar-refractivity contribution in [1.29, 1.82) is 0 Å². The smallest absolute Gasteiger partial charge is 0.276 e. The van der Waals surface area contributed by atoms with E-state index in [9.17, 15) is 15.0 Å². The van der Waals surface area contributed by atoms with Crippen molar-refractivity contribution in [2.45, 2.75) is 24.5 Å². The number of anilines is 2. The predicted octanol–water partition coefficient (Wildman–Crippen LogP) is -2.60. The second-order valence-electron chi connectivity index (χ2n) is 4.46. The van der Waals surface area contributed by atoms with Gasteiger partial charge in [-0.15, -0.1) is 0 Å². The summed E-state index contributed by atoms with van der Waals surface area (Å²) in [5, 5.41) is 31.6. The Balaban J connectivity index is 1.90. The maximum Gasteiger partial charge on any atom is 0.276 e. The van der Waals surface area contributed by atoms with Gasteiger partial charge in [0.2, 0.25) is 0 Å². The monoisotopic (exact) mass is 270 g/mol. The minimum atomic E-state index is -1.19. The number of nitrogens with zero attached hydrogens (tertiary/aromatic N) is 2. The molecule has 2 aliphatic rings. The standard InChI is InChI=1S/C10H14N4O5/c15-1-4-6(16)7(17)10(19-4)14-3-13-5-8(14)11-2-12-9(5)18/h2,4,6-7,10,13,15-17H,1,3H2,(H,11,12,18)/t4-,6-,7-,10-/m1/s1. The molecule has 2 aliphatic heterocycles. The van der Waals surface area contributed by atoms with Crippen LogP contribution in [0.4, 0.5) is 11.5 Å². The highest BCUT2D eigenvalue weighted by atomic mass is 16.6. The van der Waals surface area contributed by atoms with Crippen molar-refractivity contribution in [3.05, 3.63) is 16.7 Å². The van der Waals surface area contributed by atoms with Crippen LogP contribution in [0.1, 0.15) is 0 Å². The Bertz CT molecular complexity index is 535. The van der Waals surface area contributed by atoms with Crippen molar-refractivity contribution in [3.8, 4) is 0 Å². The van der Waals surface area contributed by atoms with E-state index in [4.69, 9.17) is 9.84 Å². The first kappa shape index (κ1) is 12.4. The summed E-state index contributed by atoms with van der Waals surface area (Å²) in [5.41, 5.74) is -0.0283. The van der Waals surface area contributed by atoms with Crippen molar-refractivity contribution in [1.82, 2.24) is 9.97 Å². The van der Waals surface area contributed by atoms with Crippen LogP contribution in [0.3, 0.4) is 0 Å². The highest BCUT2D eigenvalue weighted by Gasteiger charge is 2.47. The SMILES string of the molecule is O=c1[nH]cnc2c1NCN2[C@@H]1O[C@H](CO)[C@@H](O)[C@H]1O. The van der Waals surface area contributed by atoms with E-state index >= 15 is 0 Å². The Kier molecular flexibility index (Phi) is 2.90. The number of aromatic amines is 1. The molecule has 1 aromatic heterocycles. The topological polar surface area (TPSA) is 131 Å². The molecule has 1 fully saturated rings. The molecule has 1 aromatic rings. The van der Waals surface area contributed by atoms with E-state index in [0.29, 0.717) is 11.5 Å². The summed E-state index contributed by atoms with van der Waals surface area (Å²) in [5.74, 6) is 0.346. The molecule has 4 atom stereocenters. The van der Waals surface area contributed by atoms with Crippen LogP contribution in [0.5, 0.6) is 0 Å². The molecule has 0 aromatic carbocycles. The lowest BCUT2D eigenvalue weighted by Gasteiger charge is -2.26. The number of nitrogens with one attached hydrogen (secondary N) is 2. The summed E-state index contributed by atoms with van der Waals surface area (Å²) in [7, 11) is 0. The summed E-state index contributed by atoms with van der Waals surface area (Å²) in [6.45, 7) is -0.173. The number of hydrogen-bond donors (Lipinski definition) is 5. The number of aliphatic hydroxyl groups is 3. The summed E-state index contributed by atoms with van der Waals surface area (Å²) in [6, 6.07) is 0. The van der Waals surface area contributed by atoms with Gasteiger partial charge in [0.1, 0.15) is 24.0 Å². The van der Waals surface area contributed by atoms with E-state index in [-0.39, 0.29) is 12.2 Å². The Labute approximate surface area is 107 Å². The van der Waals surface area contributed by atoms with Crippen LogP contribution in [-0.2, 0) is 4.74 Å². The lowest BCUT2D eigenvalue weighted by molar-refractivity contribution is -0.0219. The molecule has 9 heteroatoms. The van der Waals surface area contributed by atoms with Crippen LogP contribution in [0.25, 0.3) is 0 Å². The molecule has 19 heavy (non-hydrogen) atoms. The number of fused-ring (bicyclic) bond motifs is 1. The summed E-state index contributed by atoms with van der Waals surface area (Å²) in [4.78, 5) is 19.6. The fraction of sp³-hybridized carbons (Fsp3) is 0.600. The van der Waals surface area contributed by atoms with Gasteiger partial charge >= 0.3 is 0 Å². The Morgan fingerprint density at radius 2 is 2.26 bits per heavy atom. The lowest BCUT2D eigenvalue weighted by Crippen LogP contribution is -2.44. The van der Waals surface area contributed by atoms with Gasteiger partial charge in [0, 0.05) is 0 Å². The molecule has 5 N–H and O–H groups in total. The average molecular weight is 270 g/mol. The molecule has 0 saturated carbocycles. The van der Waals surface area contributed by atoms with Gasteiger partial charge in [-0.25, -0.2) is 4.98 Å². The van der Waals surface area contributed by atoms with Crippen LogP contribution in [-0.4, -0.2) is 63.1 Å². The lowest BCUT2D eigenvalue weighted by atomic mass is 10.1. The van der Waals surface area contributed by atoms with Gasteiger partial charge < -0.3 is 35.3 Å². The van der Waals surface area contributed by atoms with Gasteiger partial charge in [0.25, 0.3) is 5.56 Å². The largest absolute Gasteiger partial charge is 0.394 e. The minimum Gasteiger partial charge on any atom is -0.394 e. The van der Waals surface area contributed by atoms with Crippen LogP contribution in [0, 0.1) is 0 Å². The first-order valence-electron chi connectivity index (χ1n) is 5.84. The van der Waals surface area contributed by atoms with Gasteiger partial charge in [-0.1, -0.05) is 0 Å². The predicted molar refractivity (Wildman–Crippen MR) is 63.6 cm³/mol. The first-order valence-corrected chi connectivity index (χ1v) is 5.84. The second kappa shape index (κ2) is 4.46. The van der Waals surface area contributed by atoms with E-state index in [1.807, 2.05) is 0 Å². The van der Waals surface area contributed by atoms with E-state index in [1.54, 1.807) is 0 Å². The number of rotatable bonds is 2. The van der Waals surface area contributed by atoms with Gasteiger partial charge in [-0.2, -0.15) is 0 Å². The molecule has 104 valence electrons. The molecule has 0 amide bonds. The van der Waals surface area contributed by atoms with Crippen LogP contribution >= 0.6 is 0 Å². The third-order valence-corrected chi connectivity index (χ3v) is 3.36. The van der Waals surface area contributed by atoms with Crippen molar-refractivity contribution in [2.75, 3.05) is 23.5 Å². The van der Waals surface area contributed by atoms with Gasteiger partial charge in [0.05, 0.1) is 19.6 Å². The molecule has 3 rings (SSSR count). The first-order chi connectivity index (χ1) is 9.13. The van der Waals surface area contributed by atoms with Gasteiger partial charge in [-0.3, -0.25) is 4.79 Å². The summed E-state index contributed by atoms with van der Waals surface area (Å²) >= 11 is 0. The zero-order valence-corrected chi connectivity index (χ0v) is 9.85. The van der Waals surface area contributed by atoms with Crippen molar-refractivity contribution in [2.24, 2.45) is 0 Å². The molecule has 0 aliphatic carbocycles. The Morgan fingerprint density at radius 3 is 2.95 bits per heavy atom. The van der Waals surface area contributed by atoms with Gasteiger partial charge in [0.15, 0.2) is 12.0 Å². The Morgan fingerprint density at radius 1 is 1.47 bits per heavy atom. The van der Waals surface area contributed by atoms with E-state index < -0.39 is 31.1 Å². The molecule has 0 bridgehead atoms. The number of H-pyrrole nitrogens is 1. The highest BCUT2D eigenvalue weighted by molar-refractivity contribution is 5.69. The molecule has 9 nitrogen and oxygen atoms in total. The van der Waals surface area contributed by atoms with Crippen molar-refractivity contribution in [3.63, 3.8) is 0 Å². The maximum atomic E-state index is 11.6. The normalized spacial score (nSPS) is 33.3. The summed E-state index contributed by atoms with van der Waals surface area (Å²) in [6.07, 6.45) is -2.84. The fourth-order valence-electron chi connectivity index (χ4n) is 2.35. The maximum absolute atomic E-state index is 11.6. The van der Waals surface area contributed by atoms with Gasteiger partial charge in [-0.05, 0) is 0 Å². The van der Waals surface area contributed by atoms with E-state index in [1.165, 1.54) is 11.2 Å². The molecule has 1 saturated heterocycles. The highest BCUT2D eigenvalue weighted by Crippen LogP contribution is 2.32. The van der Waals surface area contributed by atoms with Crippen LogP contribution in [0.15, 0.2) is 11.1 Å². The minimum absolute atomic E-state index is 0.224. The average Bonchev–Trinajstić information content (AvgIpc) is 2.94. The number of hydrogen-bond acceptors (Lipinski definition) is 8. The van der Waals surface area contributed by atoms with Crippen LogP contribution < -0.4 is 15.8 Å². The molecule has 0 unspecified atom stereocenters. The van der Waals surface area contributed by atoms with Crippen molar-refractivity contribution < 1.29 is 20.1 Å². The summed E-state index contributed by atoms with van der Waals surface area (Å²) < 4.78 is 5.40. The number of ether oxygens (including phenoxy) is 1. The van der Waals surface area contributed by atoms with Crippen molar-refractivity contribution >= 4 is 11.5 Å². The second-order valence-corrected chi connectivity index (χ2v) is 4.46. The zero-order valence-electron chi connectivity index (χ0n) is 9.85. The quantitative estimate of drug-likeness (QED) is 0.395. The molecule has 0 spiro atoms. The third kappa shape index (κ3) is 1.78. The van der Waals surface area contributed by atoms with E-state index in [0.717, 1.165) is 0 Å². The zero-order chi connectivity index (χ0) is 13.6. The Hall–Kier alpha value is -1.68. The number of aromatic nitrogens is 2. The molecule has 3 heterocycles. The fourth-order valence-corrected chi connectivity index (χ4v) is 2.35. The molecular weight excluding hydrogens is 256 g/mol. The third-order valence-electron chi connectivity index (χ3n) is 3.36. The molecule has 0 radical (unpaired) electrons. The van der Waals surface area contributed by atoms with Crippen LogP contribution in [0.2, 0.25) is 0 Å². The van der Waals surface area contributed by atoms with E-state index in [2.05, 4.69) is 15.3 Å². The molecular formula is C10H14N4O5. The number of aliphatic hydroxyl groups excluding tert-OH is 3.